The number of thiazole rings is 2. The van der Waals surface area contributed by atoms with Gasteiger partial charge in [0.15, 0.2) is 19.7 Å². The van der Waals surface area contributed by atoms with Crippen molar-refractivity contribution in [3.05, 3.63) is 101 Å². The number of hydrogen-bond acceptors (Lipinski definition) is 19. The van der Waals surface area contributed by atoms with Gasteiger partial charge < -0.3 is 45.0 Å². The zero-order valence-electron chi connectivity index (χ0n) is 43.9. The highest BCUT2D eigenvalue weighted by Gasteiger charge is 2.38. The lowest BCUT2D eigenvalue weighted by Gasteiger charge is -2.28. The number of hydrogen-bond donors (Lipinski definition) is 4. The number of amides is 2. The topological polar surface area (TPSA) is 248 Å². The van der Waals surface area contributed by atoms with Gasteiger partial charge in [0.05, 0.1) is 86.8 Å². The number of alkyl carbamates (subject to hydrolysis) is 2. The second kappa shape index (κ2) is 24.6. The van der Waals surface area contributed by atoms with Crippen LogP contribution in [0.5, 0.6) is 5.88 Å². The van der Waals surface area contributed by atoms with Gasteiger partial charge in [-0.3, -0.25) is 0 Å². The van der Waals surface area contributed by atoms with E-state index in [0.29, 0.717) is 46.3 Å². The third-order valence-corrected chi connectivity index (χ3v) is 21.1. The third kappa shape index (κ3) is 13.7. The predicted molar refractivity (Wildman–Crippen MR) is 298 cm³/mol. The van der Waals surface area contributed by atoms with Crippen LogP contribution in [0.3, 0.4) is 0 Å². The highest BCUT2D eigenvalue weighted by atomic mass is 32.2. The molecule has 4 aromatic heterocycles. The summed E-state index contributed by atoms with van der Waals surface area (Å²) in [5, 5.41) is 12.9. The molecule has 2 saturated carbocycles. The minimum Gasteiger partial charge on any atom is -0.478 e. The summed E-state index contributed by atoms with van der Waals surface area (Å²) in [6.07, 6.45) is 11.4. The zero-order chi connectivity index (χ0) is 55.3. The van der Waals surface area contributed by atoms with E-state index in [9.17, 15) is 30.8 Å². The van der Waals surface area contributed by atoms with Gasteiger partial charge in [-0.25, -0.2) is 50.8 Å². The molecule has 2 aromatic carbocycles. The number of nitrogens with zero attached hydrogens (tertiary/aromatic N) is 4. The summed E-state index contributed by atoms with van der Waals surface area (Å²) in [4.78, 5) is 45.0. The van der Waals surface area contributed by atoms with Crippen molar-refractivity contribution in [3.8, 4) is 26.8 Å². The fourth-order valence-electron chi connectivity index (χ4n) is 9.89. The molecule has 2 saturated heterocycles. The number of aromatic nitrogens is 4. The molecule has 1 atom stereocenters. The Morgan fingerprint density at radius 2 is 1.14 bits per heavy atom. The maximum Gasteiger partial charge on any atom is 0.407 e. The molecule has 4 aliphatic rings. The van der Waals surface area contributed by atoms with Gasteiger partial charge in [-0.2, -0.15) is 0 Å². The second-order valence-electron chi connectivity index (χ2n) is 20.6. The van der Waals surface area contributed by atoms with E-state index < -0.39 is 54.3 Å². The number of ether oxygens (including phenoxy) is 5. The fourth-order valence-corrected chi connectivity index (χ4v) is 15.6. The zero-order valence-corrected chi connectivity index (χ0v) is 47.2. The lowest BCUT2D eigenvalue weighted by Crippen LogP contribution is -2.40. The number of pyridine rings is 2. The lowest BCUT2D eigenvalue weighted by atomic mass is 9.86. The molecule has 24 heteroatoms. The number of nitrogens with one attached hydrogen (secondary N) is 4. The molecule has 2 amide bonds. The van der Waals surface area contributed by atoms with Crippen LogP contribution in [0.4, 0.5) is 36.9 Å². The van der Waals surface area contributed by atoms with Crippen molar-refractivity contribution >= 4 is 77.4 Å². The molecule has 420 valence electrons. The van der Waals surface area contributed by atoms with E-state index in [0.717, 1.165) is 77.3 Å². The van der Waals surface area contributed by atoms with Gasteiger partial charge in [0.25, 0.3) is 0 Å². The Balaban J connectivity index is 0.677. The standard InChI is InChI=1S/C55H63FN8O11S4/c1-32(2)74-54(65)63-37-9-4-34(5-10-37)52-59-26-46(76-52)44-16-13-39(22-48(44)78(67,68)42-28-71-29-42)61-41-15-19-51(58-25-41)73-21-20-33(3)75-55(66)64-38-11-6-35(7-12-38)53-60-27-47(77-53)45-17-14-40(62-50-18-8-36(56)24-57-50)23-49(45)79(69,70)43-30-72-31-43/h8,13-19,22-27,32-35,37-38,42-43,61H,4-7,9-12,20-21,28-31H2,1-3H3,(H,57,62)(H,63,65)(H,64,66). The maximum absolute atomic E-state index is 14.0. The average Bonchev–Trinajstić information content (AvgIpc) is 4.12. The van der Waals surface area contributed by atoms with Crippen molar-refractivity contribution in [2.45, 2.75) is 135 Å². The Hall–Kier alpha value is -6.31. The maximum atomic E-state index is 14.0. The van der Waals surface area contributed by atoms with Crippen molar-refractivity contribution in [2.24, 2.45) is 0 Å². The second-order valence-corrected chi connectivity index (χ2v) is 27.2. The van der Waals surface area contributed by atoms with Crippen molar-refractivity contribution in [1.29, 1.82) is 0 Å². The van der Waals surface area contributed by atoms with Crippen LogP contribution in [-0.2, 0) is 38.6 Å². The van der Waals surface area contributed by atoms with Gasteiger partial charge in [-0.15, -0.1) is 22.7 Å². The summed E-state index contributed by atoms with van der Waals surface area (Å²) in [6, 6.07) is 16.6. The lowest BCUT2D eigenvalue weighted by molar-refractivity contribution is 0.0415. The first-order valence-electron chi connectivity index (χ1n) is 26.6. The van der Waals surface area contributed by atoms with Crippen LogP contribution in [0.15, 0.2) is 95.2 Å². The molecule has 2 aliphatic heterocycles. The molecule has 6 heterocycles. The van der Waals surface area contributed by atoms with Crippen LogP contribution in [0.1, 0.15) is 100 Å². The smallest absolute Gasteiger partial charge is 0.407 e. The van der Waals surface area contributed by atoms with E-state index in [2.05, 4.69) is 31.2 Å². The average molecular weight is 1160 g/mol. The molecule has 19 nitrogen and oxygen atoms in total. The molecular formula is C55H63FN8O11S4. The fraction of sp³-hybridized carbons (Fsp3) is 0.455. The van der Waals surface area contributed by atoms with Crippen molar-refractivity contribution in [3.63, 3.8) is 0 Å². The number of anilines is 4. The minimum absolute atomic E-state index is 0.0408. The Kier molecular flexibility index (Phi) is 17.4. The molecule has 10 rings (SSSR count). The molecule has 0 spiro atoms. The van der Waals surface area contributed by atoms with E-state index >= 15 is 0 Å². The summed E-state index contributed by atoms with van der Waals surface area (Å²) in [6.45, 7) is 6.20. The first kappa shape index (κ1) is 56.0. The van der Waals surface area contributed by atoms with Crippen LogP contribution >= 0.6 is 22.7 Å². The largest absolute Gasteiger partial charge is 0.478 e. The minimum atomic E-state index is -3.75. The van der Waals surface area contributed by atoms with Crippen LogP contribution in [0.25, 0.3) is 20.9 Å². The molecule has 1 unspecified atom stereocenters. The Bertz CT molecular complexity index is 3320. The van der Waals surface area contributed by atoms with E-state index in [1.165, 1.54) is 34.8 Å². The molecular weight excluding hydrogens is 1100 g/mol. The number of benzene rings is 2. The van der Waals surface area contributed by atoms with Gasteiger partial charge >= 0.3 is 12.2 Å². The van der Waals surface area contributed by atoms with E-state index in [1.54, 1.807) is 61.9 Å². The van der Waals surface area contributed by atoms with Crippen LogP contribution in [0, 0.1) is 5.82 Å². The first-order valence-corrected chi connectivity index (χ1v) is 31.3. The van der Waals surface area contributed by atoms with Crippen molar-refractivity contribution in [2.75, 3.05) is 43.7 Å². The van der Waals surface area contributed by atoms with Crippen molar-refractivity contribution < 1.29 is 54.5 Å². The quantitative estimate of drug-likeness (QED) is 0.0555. The number of sulfone groups is 2. The van der Waals surface area contributed by atoms with Gasteiger partial charge in [-0.1, -0.05) is 12.1 Å². The predicted octanol–water partition coefficient (Wildman–Crippen LogP) is 10.5. The van der Waals surface area contributed by atoms with Crippen LogP contribution in [-0.4, -0.2) is 117 Å². The monoisotopic (exact) mass is 1160 g/mol. The van der Waals surface area contributed by atoms with Gasteiger partial charge in [0.2, 0.25) is 5.88 Å². The van der Waals surface area contributed by atoms with Crippen LogP contribution < -0.4 is 26.0 Å². The van der Waals surface area contributed by atoms with Gasteiger partial charge in [-0.05, 0) is 115 Å². The summed E-state index contributed by atoms with van der Waals surface area (Å²) in [5.41, 5.74) is 2.82. The van der Waals surface area contributed by atoms with E-state index in [1.807, 2.05) is 26.0 Å². The summed E-state index contributed by atoms with van der Waals surface area (Å²) in [5.74, 6) is 0.619. The Morgan fingerprint density at radius 3 is 1.61 bits per heavy atom. The van der Waals surface area contributed by atoms with Crippen LogP contribution in [0.2, 0.25) is 0 Å². The molecule has 79 heavy (non-hydrogen) atoms. The van der Waals surface area contributed by atoms with E-state index in [4.69, 9.17) is 33.7 Å². The number of halogens is 1. The van der Waals surface area contributed by atoms with E-state index in [-0.39, 0.29) is 72.8 Å². The Labute approximate surface area is 466 Å². The SMILES string of the molecule is CC(C)OC(=O)NC1CCC(c2ncc(-c3ccc(Nc4ccc(OCCC(C)OC(=O)NC5CCC(c6ncc(-c7ccc(Nc8ccc(F)cn8)cc7S(=O)(=O)C7COC7)s6)CC5)nc4)cc3S(=O)(=O)C3COC3)s2)CC1. The number of carbonyl (C=O) groups excluding carboxylic acids is 2. The summed E-state index contributed by atoms with van der Waals surface area (Å²) in [7, 11) is -7.49. The van der Waals surface area contributed by atoms with Gasteiger partial charge in [0.1, 0.15) is 28.2 Å². The molecule has 0 bridgehead atoms. The highest BCUT2D eigenvalue weighted by molar-refractivity contribution is 7.92. The molecule has 2 aliphatic carbocycles. The van der Waals surface area contributed by atoms with Crippen molar-refractivity contribution in [1.82, 2.24) is 30.6 Å². The molecule has 6 aromatic rings. The third-order valence-electron chi connectivity index (χ3n) is 14.5. The highest BCUT2D eigenvalue weighted by Crippen LogP contribution is 2.43. The molecule has 4 fully saturated rings. The Morgan fingerprint density at radius 1 is 0.620 bits per heavy atom. The molecule has 4 N–H and O–H groups in total. The normalized spacial score (nSPS) is 20.3. The summed E-state index contributed by atoms with van der Waals surface area (Å²) >= 11 is 2.97. The number of carbonyl (C=O) groups is 2. The first-order chi connectivity index (χ1) is 38.0. The van der Waals surface area contributed by atoms with Gasteiger partial charge in [0, 0.05) is 71.3 Å². The summed E-state index contributed by atoms with van der Waals surface area (Å²) < 4.78 is 96.4. The molecule has 0 radical (unpaired) electrons. The number of rotatable bonds is 20.